The molecule has 4 aromatic heterocycles. The predicted octanol–water partition coefficient (Wildman–Crippen LogP) is 3.99. The number of pyridine rings is 1. The van der Waals surface area contributed by atoms with Crippen molar-refractivity contribution in [2.24, 2.45) is 16.7 Å². The van der Waals surface area contributed by atoms with E-state index < -0.39 is 5.97 Å². The van der Waals surface area contributed by atoms with Crippen LogP contribution in [0.5, 0.6) is 0 Å². The van der Waals surface area contributed by atoms with Crippen molar-refractivity contribution in [3.8, 4) is 0 Å². The molecule has 2 saturated carbocycles. The smallest absolute Gasteiger partial charge is 0.354 e. The number of carbonyl (C=O) groups excluding carboxylic acids is 2. The summed E-state index contributed by atoms with van der Waals surface area (Å²) in [6.07, 6.45) is 12.5. The maximum absolute atomic E-state index is 13.9. The number of carboxylic acid groups (broad SMARTS) is 1. The molecule has 1 spiro atoms. The standard InChI is InChI=1S/C35H41N9O5/c1-21(44-11-10-27(39-44)23-6-4-5-7-23)30-38-29(40-49-30)26-17-41(18-35(26)19-42(20-35)32(46)25-12-34(25,2)3)31(45)24-14-37-43(16-24)15-22-8-9-28(33(47)48)36-13-22/h8-11,13-14,16,21,23,25-26H,4-7,12,15,17-20H2,1-3H3,(H,47,48)/t21?,25-,26?/m1/s1. The SMILES string of the molecule is CC(c1nc(C2CN(C(=O)c3cnn(Cc4ccc(C(=O)O)nc4)c3)CC23CN(C(=O)[C@H]2CC2(C)C)C3)no1)n1ccc(C2CCCC2)n1. The predicted molar refractivity (Wildman–Crippen MR) is 174 cm³/mol. The molecule has 14 heteroatoms. The Balaban J connectivity index is 1.00. The highest BCUT2D eigenvalue weighted by atomic mass is 16.5. The fourth-order valence-electron chi connectivity index (χ4n) is 8.03. The topological polar surface area (TPSA) is 165 Å². The molecular weight excluding hydrogens is 626 g/mol. The van der Waals surface area contributed by atoms with E-state index in [-0.39, 0.29) is 46.2 Å². The Kier molecular flexibility index (Phi) is 7.45. The maximum Gasteiger partial charge on any atom is 0.354 e. The molecule has 2 aliphatic heterocycles. The number of aromatic nitrogens is 7. The van der Waals surface area contributed by atoms with Crippen LogP contribution in [-0.2, 0) is 11.3 Å². The zero-order valence-corrected chi connectivity index (χ0v) is 28.0. The van der Waals surface area contributed by atoms with E-state index in [4.69, 9.17) is 19.7 Å². The number of likely N-dealkylation sites (tertiary alicyclic amines) is 2. The van der Waals surface area contributed by atoms with Gasteiger partial charge in [-0.1, -0.05) is 37.9 Å². The first-order chi connectivity index (χ1) is 23.5. The Morgan fingerprint density at radius 2 is 1.82 bits per heavy atom. The Hall–Kier alpha value is -4.88. The molecule has 6 heterocycles. The highest BCUT2D eigenvalue weighted by molar-refractivity contribution is 5.94. The fourth-order valence-corrected chi connectivity index (χ4v) is 8.03. The van der Waals surface area contributed by atoms with Crippen molar-refractivity contribution in [3.63, 3.8) is 0 Å². The summed E-state index contributed by atoms with van der Waals surface area (Å²) in [5, 5.41) is 22.8. The van der Waals surface area contributed by atoms with Gasteiger partial charge < -0.3 is 19.4 Å². The normalized spacial score (nSPS) is 23.2. The van der Waals surface area contributed by atoms with Gasteiger partial charge in [0.1, 0.15) is 11.7 Å². The Morgan fingerprint density at radius 3 is 2.51 bits per heavy atom. The summed E-state index contributed by atoms with van der Waals surface area (Å²) in [6, 6.07) is 4.97. The first-order valence-corrected chi connectivity index (χ1v) is 17.2. The molecule has 49 heavy (non-hydrogen) atoms. The molecule has 2 unspecified atom stereocenters. The van der Waals surface area contributed by atoms with Crippen LogP contribution in [0.3, 0.4) is 0 Å². The third kappa shape index (κ3) is 5.70. The van der Waals surface area contributed by atoms with Crippen LogP contribution < -0.4 is 0 Å². The summed E-state index contributed by atoms with van der Waals surface area (Å²) in [4.78, 5) is 51.0. The van der Waals surface area contributed by atoms with Gasteiger partial charge in [0.25, 0.3) is 11.8 Å². The second-order valence-corrected chi connectivity index (χ2v) is 15.2. The lowest BCUT2D eigenvalue weighted by Gasteiger charge is -2.50. The molecular formula is C35H41N9O5. The van der Waals surface area contributed by atoms with E-state index in [0.29, 0.717) is 55.9 Å². The minimum absolute atomic E-state index is 0.0345. The van der Waals surface area contributed by atoms with Crippen molar-refractivity contribution in [1.82, 2.24) is 44.5 Å². The first-order valence-electron chi connectivity index (χ1n) is 17.2. The monoisotopic (exact) mass is 667 g/mol. The number of nitrogens with zero attached hydrogens (tertiary/aromatic N) is 9. The lowest BCUT2D eigenvalue weighted by molar-refractivity contribution is -0.145. The zero-order chi connectivity index (χ0) is 34.1. The van der Waals surface area contributed by atoms with Gasteiger partial charge in [0.05, 0.1) is 29.9 Å². The minimum Gasteiger partial charge on any atom is -0.477 e. The van der Waals surface area contributed by atoms with Crippen molar-refractivity contribution in [1.29, 1.82) is 0 Å². The highest BCUT2D eigenvalue weighted by Gasteiger charge is 2.61. The Bertz CT molecular complexity index is 1900. The number of carbonyl (C=O) groups is 3. The van der Waals surface area contributed by atoms with E-state index in [9.17, 15) is 14.4 Å². The molecule has 4 fully saturated rings. The van der Waals surface area contributed by atoms with Crippen LogP contribution in [0.4, 0.5) is 0 Å². The summed E-state index contributed by atoms with van der Waals surface area (Å²) in [6.45, 7) is 8.52. The van der Waals surface area contributed by atoms with Crippen LogP contribution in [0.2, 0.25) is 0 Å². The summed E-state index contributed by atoms with van der Waals surface area (Å²) < 4.78 is 9.37. The van der Waals surface area contributed by atoms with Gasteiger partial charge in [-0.25, -0.2) is 9.78 Å². The van der Waals surface area contributed by atoms with Crippen LogP contribution in [-0.4, -0.2) is 93.6 Å². The second-order valence-electron chi connectivity index (χ2n) is 15.2. The third-order valence-corrected chi connectivity index (χ3v) is 11.3. The number of amides is 2. The van der Waals surface area contributed by atoms with E-state index in [2.05, 4.69) is 35.2 Å². The van der Waals surface area contributed by atoms with Gasteiger partial charge in [-0.2, -0.15) is 15.2 Å². The van der Waals surface area contributed by atoms with Gasteiger partial charge in [-0.3, -0.25) is 19.0 Å². The van der Waals surface area contributed by atoms with Gasteiger partial charge in [-0.05, 0) is 49.3 Å². The van der Waals surface area contributed by atoms with Crippen molar-refractivity contribution >= 4 is 17.8 Å². The van der Waals surface area contributed by atoms with Crippen molar-refractivity contribution < 1.29 is 24.0 Å². The summed E-state index contributed by atoms with van der Waals surface area (Å²) in [7, 11) is 0. The molecule has 256 valence electrons. The lowest BCUT2D eigenvalue weighted by Crippen LogP contribution is -2.62. The molecule has 0 radical (unpaired) electrons. The summed E-state index contributed by atoms with van der Waals surface area (Å²) in [5.74, 6) is 0.297. The number of hydrogen-bond donors (Lipinski definition) is 1. The largest absolute Gasteiger partial charge is 0.477 e. The average molecular weight is 668 g/mol. The number of hydrogen-bond acceptors (Lipinski definition) is 9. The number of aromatic carboxylic acids is 1. The van der Waals surface area contributed by atoms with Crippen LogP contribution in [0.15, 0.2) is 47.5 Å². The van der Waals surface area contributed by atoms with E-state index in [1.54, 1.807) is 23.1 Å². The van der Waals surface area contributed by atoms with E-state index >= 15 is 0 Å². The molecule has 14 nitrogen and oxygen atoms in total. The van der Waals surface area contributed by atoms with Crippen molar-refractivity contribution in [2.45, 2.75) is 77.3 Å². The van der Waals surface area contributed by atoms with E-state index in [1.807, 2.05) is 27.6 Å². The first kappa shape index (κ1) is 31.4. The molecule has 2 saturated heterocycles. The molecule has 4 aliphatic rings. The summed E-state index contributed by atoms with van der Waals surface area (Å²) >= 11 is 0. The van der Waals surface area contributed by atoms with Crippen LogP contribution in [0.25, 0.3) is 0 Å². The van der Waals surface area contributed by atoms with Crippen LogP contribution in [0, 0.1) is 16.7 Å². The van der Waals surface area contributed by atoms with Gasteiger partial charge in [0.2, 0.25) is 5.91 Å². The minimum atomic E-state index is -1.09. The molecule has 2 amide bonds. The number of carboxylic acids is 1. The highest BCUT2D eigenvalue weighted by Crippen LogP contribution is 2.55. The zero-order valence-electron chi connectivity index (χ0n) is 28.0. The second kappa shape index (κ2) is 11.6. The molecule has 8 rings (SSSR count). The third-order valence-electron chi connectivity index (χ3n) is 11.3. The van der Waals surface area contributed by atoms with E-state index in [1.165, 1.54) is 37.9 Å². The van der Waals surface area contributed by atoms with Crippen molar-refractivity contribution in [2.75, 3.05) is 26.2 Å². The molecule has 1 N–H and O–H groups in total. The molecule has 0 aromatic carbocycles. The molecule has 3 atom stereocenters. The molecule has 2 aliphatic carbocycles. The number of rotatable bonds is 9. The molecule has 0 bridgehead atoms. The van der Waals surface area contributed by atoms with Gasteiger partial charge in [0.15, 0.2) is 5.82 Å². The van der Waals surface area contributed by atoms with E-state index in [0.717, 1.165) is 17.7 Å². The maximum atomic E-state index is 13.9. The Labute approximate surface area is 283 Å². The van der Waals surface area contributed by atoms with Gasteiger partial charge in [-0.15, -0.1) is 0 Å². The molecule has 4 aromatic rings. The van der Waals surface area contributed by atoms with Crippen LogP contribution >= 0.6 is 0 Å². The quantitative estimate of drug-likeness (QED) is 0.276. The van der Waals surface area contributed by atoms with Crippen molar-refractivity contribution in [3.05, 3.63) is 77.2 Å². The lowest BCUT2D eigenvalue weighted by atomic mass is 9.71. The Morgan fingerprint density at radius 1 is 1.06 bits per heavy atom. The van der Waals surface area contributed by atoms with Gasteiger partial charge in [0, 0.05) is 62.0 Å². The fraction of sp³-hybridized carbons (Fsp3) is 0.543. The summed E-state index contributed by atoms with van der Waals surface area (Å²) in [5.41, 5.74) is 1.93. The average Bonchev–Trinajstić information content (AvgIpc) is 3.80. The van der Waals surface area contributed by atoms with Gasteiger partial charge >= 0.3 is 5.97 Å². The van der Waals surface area contributed by atoms with Crippen LogP contribution in [0.1, 0.15) is 115 Å².